The van der Waals surface area contributed by atoms with Gasteiger partial charge in [0, 0.05) is 43.3 Å². The summed E-state index contributed by atoms with van der Waals surface area (Å²) in [5.41, 5.74) is 1.24. The van der Waals surface area contributed by atoms with E-state index in [4.69, 9.17) is 0 Å². The number of fused-ring (bicyclic) bond motifs is 1. The van der Waals surface area contributed by atoms with Crippen molar-refractivity contribution in [2.45, 2.75) is 26.3 Å². The van der Waals surface area contributed by atoms with E-state index in [-0.39, 0.29) is 17.5 Å². The standard InChI is InChI=1S/C16H20N6O2S/c1-2-4-19-14(23)10-22-7-3-11-13(9-22)25-16(20-11)21-15(24)12-8-17-5-6-18-12/h5-6,8H,2-4,7,9-10H2,1H3,(H,19,23)(H,20,21,24). The topological polar surface area (TPSA) is 100 Å². The van der Waals surface area contributed by atoms with E-state index >= 15 is 0 Å². The van der Waals surface area contributed by atoms with Gasteiger partial charge in [0.2, 0.25) is 5.91 Å². The summed E-state index contributed by atoms with van der Waals surface area (Å²) in [6, 6.07) is 0. The highest BCUT2D eigenvalue weighted by molar-refractivity contribution is 7.15. The minimum atomic E-state index is -0.324. The molecule has 9 heteroatoms. The first-order chi connectivity index (χ1) is 12.2. The van der Waals surface area contributed by atoms with Crippen molar-refractivity contribution in [3.63, 3.8) is 0 Å². The number of rotatable bonds is 6. The molecule has 0 atom stereocenters. The number of thiazole rings is 1. The molecule has 2 N–H and O–H groups in total. The molecule has 0 fully saturated rings. The summed E-state index contributed by atoms with van der Waals surface area (Å²) in [5.74, 6) is -0.277. The van der Waals surface area contributed by atoms with Crippen molar-refractivity contribution >= 4 is 28.3 Å². The normalized spacial score (nSPS) is 14.0. The molecule has 132 valence electrons. The van der Waals surface area contributed by atoms with Gasteiger partial charge in [-0.3, -0.25) is 24.8 Å². The van der Waals surface area contributed by atoms with Crippen LogP contribution in [0.15, 0.2) is 18.6 Å². The van der Waals surface area contributed by atoms with Gasteiger partial charge in [0.1, 0.15) is 5.69 Å². The lowest BCUT2D eigenvalue weighted by atomic mass is 10.2. The van der Waals surface area contributed by atoms with Crippen molar-refractivity contribution in [2.24, 2.45) is 0 Å². The first kappa shape index (κ1) is 17.4. The molecule has 0 aliphatic carbocycles. The average molecular weight is 360 g/mol. The highest BCUT2D eigenvalue weighted by Crippen LogP contribution is 2.28. The molecule has 0 saturated heterocycles. The summed E-state index contributed by atoms with van der Waals surface area (Å²) < 4.78 is 0. The van der Waals surface area contributed by atoms with Crippen molar-refractivity contribution in [3.05, 3.63) is 34.9 Å². The van der Waals surface area contributed by atoms with Gasteiger partial charge < -0.3 is 5.32 Å². The molecule has 3 rings (SSSR count). The zero-order valence-corrected chi connectivity index (χ0v) is 14.8. The van der Waals surface area contributed by atoms with Crippen LogP contribution in [0.5, 0.6) is 0 Å². The van der Waals surface area contributed by atoms with Crippen molar-refractivity contribution < 1.29 is 9.59 Å². The average Bonchev–Trinajstić information content (AvgIpc) is 3.02. The Balaban J connectivity index is 1.59. The van der Waals surface area contributed by atoms with E-state index in [9.17, 15) is 9.59 Å². The van der Waals surface area contributed by atoms with Crippen molar-refractivity contribution in [1.82, 2.24) is 25.2 Å². The summed E-state index contributed by atoms with van der Waals surface area (Å²) in [6.45, 7) is 4.58. The quantitative estimate of drug-likeness (QED) is 0.799. The van der Waals surface area contributed by atoms with Gasteiger partial charge in [-0.15, -0.1) is 11.3 Å². The molecular weight excluding hydrogens is 340 g/mol. The smallest absolute Gasteiger partial charge is 0.277 e. The molecule has 0 radical (unpaired) electrons. The van der Waals surface area contributed by atoms with Crippen LogP contribution in [-0.4, -0.2) is 51.3 Å². The lowest BCUT2D eigenvalue weighted by Crippen LogP contribution is -2.39. The summed E-state index contributed by atoms with van der Waals surface area (Å²) in [6.07, 6.45) is 6.11. The molecule has 8 nitrogen and oxygen atoms in total. The third kappa shape index (κ3) is 4.58. The van der Waals surface area contributed by atoms with E-state index in [1.807, 2.05) is 6.92 Å². The predicted octanol–water partition coefficient (Wildman–Crippen LogP) is 1.07. The fraction of sp³-hybridized carbons (Fsp3) is 0.438. The van der Waals surface area contributed by atoms with Gasteiger partial charge in [-0.25, -0.2) is 9.97 Å². The Hall–Kier alpha value is -2.39. The summed E-state index contributed by atoms with van der Waals surface area (Å²) in [5, 5.41) is 6.21. The number of anilines is 1. The van der Waals surface area contributed by atoms with Gasteiger partial charge in [0.15, 0.2) is 5.13 Å². The van der Waals surface area contributed by atoms with Gasteiger partial charge in [-0.05, 0) is 6.42 Å². The Bertz CT molecular complexity index is 748. The minimum absolute atomic E-state index is 0.0472. The zero-order valence-electron chi connectivity index (χ0n) is 14.0. The summed E-state index contributed by atoms with van der Waals surface area (Å²) in [4.78, 5) is 39.5. The lowest BCUT2D eigenvalue weighted by Gasteiger charge is -2.25. The van der Waals surface area contributed by atoms with E-state index in [2.05, 4.69) is 30.5 Å². The fourth-order valence-corrected chi connectivity index (χ4v) is 3.58. The van der Waals surface area contributed by atoms with E-state index in [0.717, 1.165) is 30.0 Å². The molecule has 25 heavy (non-hydrogen) atoms. The fourth-order valence-electron chi connectivity index (χ4n) is 2.54. The predicted molar refractivity (Wildman–Crippen MR) is 94.4 cm³/mol. The van der Waals surface area contributed by atoms with Crippen LogP contribution in [0.1, 0.15) is 34.4 Å². The Morgan fingerprint density at radius 1 is 1.36 bits per heavy atom. The number of carbonyl (C=O) groups excluding carboxylic acids is 2. The van der Waals surface area contributed by atoms with Crippen LogP contribution in [0.2, 0.25) is 0 Å². The van der Waals surface area contributed by atoms with Crippen LogP contribution in [0.4, 0.5) is 5.13 Å². The molecule has 0 unspecified atom stereocenters. The van der Waals surface area contributed by atoms with E-state index in [0.29, 0.717) is 24.8 Å². The molecule has 2 aromatic heterocycles. The third-order valence-corrected chi connectivity index (χ3v) is 4.76. The van der Waals surface area contributed by atoms with Crippen molar-refractivity contribution in [2.75, 3.05) is 25.0 Å². The van der Waals surface area contributed by atoms with Crippen LogP contribution >= 0.6 is 11.3 Å². The molecule has 1 aliphatic heterocycles. The van der Waals surface area contributed by atoms with Gasteiger partial charge in [0.25, 0.3) is 5.91 Å². The second-order valence-corrected chi connectivity index (χ2v) is 6.83. The van der Waals surface area contributed by atoms with Crippen LogP contribution in [0.3, 0.4) is 0 Å². The van der Waals surface area contributed by atoms with E-state index < -0.39 is 0 Å². The Kier molecular flexibility index (Phi) is 5.67. The van der Waals surface area contributed by atoms with Gasteiger partial charge in [-0.2, -0.15) is 0 Å². The number of carbonyl (C=O) groups is 2. The maximum absolute atomic E-state index is 12.1. The maximum Gasteiger partial charge on any atom is 0.277 e. The molecule has 2 aromatic rings. The van der Waals surface area contributed by atoms with Crippen LogP contribution in [0.25, 0.3) is 0 Å². The number of hydrogen-bond donors (Lipinski definition) is 2. The van der Waals surface area contributed by atoms with Crippen molar-refractivity contribution in [1.29, 1.82) is 0 Å². The first-order valence-corrected chi connectivity index (χ1v) is 9.02. The Morgan fingerprint density at radius 3 is 3.00 bits per heavy atom. The van der Waals surface area contributed by atoms with Crippen molar-refractivity contribution in [3.8, 4) is 0 Å². The molecule has 0 spiro atoms. The molecule has 0 aromatic carbocycles. The van der Waals surface area contributed by atoms with Gasteiger partial charge >= 0.3 is 0 Å². The molecule has 1 aliphatic rings. The minimum Gasteiger partial charge on any atom is -0.355 e. The molecule has 2 amide bonds. The largest absolute Gasteiger partial charge is 0.355 e. The highest BCUT2D eigenvalue weighted by atomic mass is 32.1. The molecule has 0 bridgehead atoms. The number of amides is 2. The third-order valence-electron chi connectivity index (χ3n) is 3.77. The molecule has 3 heterocycles. The van der Waals surface area contributed by atoms with Crippen LogP contribution < -0.4 is 10.6 Å². The summed E-state index contributed by atoms with van der Waals surface area (Å²) >= 11 is 1.44. The number of nitrogens with one attached hydrogen (secondary N) is 2. The van der Waals surface area contributed by atoms with Crippen LogP contribution in [-0.2, 0) is 17.8 Å². The number of hydrogen-bond acceptors (Lipinski definition) is 7. The molecular formula is C16H20N6O2S. The lowest BCUT2D eigenvalue weighted by molar-refractivity contribution is -0.122. The van der Waals surface area contributed by atoms with E-state index in [1.165, 1.54) is 29.9 Å². The second kappa shape index (κ2) is 8.13. The Morgan fingerprint density at radius 2 is 2.24 bits per heavy atom. The maximum atomic E-state index is 12.1. The number of nitrogens with zero attached hydrogens (tertiary/aromatic N) is 4. The summed E-state index contributed by atoms with van der Waals surface area (Å²) in [7, 11) is 0. The highest BCUT2D eigenvalue weighted by Gasteiger charge is 2.23. The Labute approximate surface area is 149 Å². The SMILES string of the molecule is CCCNC(=O)CN1CCc2nc(NC(=O)c3cnccn3)sc2C1. The molecule has 0 saturated carbocycles. The van der Waals surface area contributed by atoms with Gasteiger partial charge in [-0.1, -0.05) is 6.92 Å². The van der Waals surface area contributed by atoms with Crippen LogP contribution in [0, 0.1) is 0 Å². The first-order valence-electron chi connectivity index (χ1n) is 8.20. The van der Waals surface area contributed by atoms with Gasteiger partial charge in [0.05, 0.1) is 18.4 Å². The number of aromatic nitrogens is 3. The second-order valence-electron chi connectivity index (χ2n) is 5.74. The monoisotopic (exact) mass is 360 g/mol. The van der Waals surface area contributed by atoms with E-state index in [1.54, 1.807) is 0 Å². The zero-order chi connectivity index (χ0) is 17.6.